The topological polar surface area (TPSA) is 327 Å². The number of anilines is 2. The number of aliphatic hydroxyl groups excluding tert-OH is 3. The van der Waals surface area contributed by atoms with E-state index in [9.17, 15) is 39.0 Å². The van der Waals surface area contributed by atoms with Gasteiger partial charge in [0.1, 0.15) is 36.3 Å². The van der Waals surface area contributed by atoms with Gasteiger partial charge in [0.25, 0.3) is 5.56 Å². The number of nitrogen functional groups attached to an aromatic ring is 1. The molecule has 0 spiro atoms. The van der Waals surface area contributed by atoms with Gasteiger partial charge in [0, 0.05) is 18.2 Å². The maximum atomic E-state index is 13.3. The summed E-state index contributed by atoms with van der Waals surface area (Å²) in [6, 6.07) is 0. The first kappa shape index (κ1) is 33.3. The number of aromatic nitrogens is 8. The normalized spacial score (nSPS) is 29.4. The lowest BCUT2D eigenvalue weighted by Gasteiger charge is -2.24. The fraction of sp³-hybridized carbons (Fsp3) is 0.545. The van der Waals surface area contributed by atoms with Crippen LogP contribution in [0.3, 0.4) is 0 Å². The molecular weight excluding hydrogens is 674 g/mol. The number of aliphatic hydroxyl groups is 3. The van der Waals surface area contributed by atoms with E-state index in [1.54, 1.807) is 7.05 Å². The third-order valence-electron chi connectivity index (χ3n) is 7.50. The second kappa shape index (κ2) is 13.1. The molecule has 2 fully saturated rings. The Labute approximate surface area is 262 Å². The Kier molecular flexibility index (Phi) is 9.32. The van der Waals surface area contributed by atoms with Gasteiger partial charge in [-0.05, 0) is 6.42 Å². The fourth-order valence-corrected chi connectivity index (χ4v) is 6.84. The molecular formula is C22H29N10O13P2+. The van der Waals surface area contributed by atoms with E-state index in [-0.39, 0.29) is 29.2 Å². The maximum Gasteiger partial charge on any atom is 0.695 e. The number of aromatic amines is 1. The molecule has 2 aliphatic rings. The van der Waals surface area contributed by atoms with E-state index in [1.807, 2.05) is 0 Å². The van der Waals surface area contributed by atoms with Crippen molar-refractivity contribution < 1.29 is 57.3 Å². The van der Waals surface area contributed by atoms with Crippen molar-refractivity contribution in [3.8, 4) is 0 Å². The van der Waals surface area contributed by atoms with Crippen LogP contribution in [0, 0.1) is 0 Å². The zero-order chi connectivity index (χ0) is 33.6. The van der Waals surface area contributed by atoms with Crippen LogP contribution in [0.15, 0.2) is 23.8 Å². The molecule has 6 rings (SSSR count). The number of nitrogens with one attached hydrogen (secondary N) is 2. The Hall–Kier alpha value is -3.57. The van der Waals surface area contributed by atoms with Gasteiger partial charge in [0.2, 0.25) is 5.95 Å². The molecule has 2 saturated heterocycles. The lowest BCUT2D eigenvalue weighted by atomic mass is 10.1. The monoisotopic (exact) mass is 703 g/mol. The quantitative estimate of drug-likeness (QED) is 0.0741. The highest BCUT2D eigenvalue weighted by Gasteiger charge is 2.53. The van der Waals surface area contributed by atoms with Crippen molar-refractivity contribution in [3.05, 3.63) is 29.3 Å². The number of nitrogens with zero attached hydrogens (tertiary/aromatic N) is 7. The van der Waals surface area contributed by atoms with Crippen molar-refractivity contribution in [1.29, 1.82) is 0 Å². The van der Waals surface area contributed by atoms with Gasteiger partial charge < -0.3 is 40.7 Å². The second-order valence-electron chi connectivity index (χ2n) is 10.3. The average Bonchev–Trinajstić information content (AvgIpc) is 3.78. The highest BCUT2D eigenvalue weighted by atomic mass is 31.2. The van der Waals surface area contributed by atoms with Crippen molar-refractivity contribution in [2.75, 3.05) is 31.3 Å². The fourth-order valence-electron chi connectivity index (χ4n) is 5.44. The lowest BCUT2D eigenvalue weighted by molar-refractivity contribution is -0.0593. The number of ether oxygens (including phenoxy) is 2. The van der Waals surface area contributed by atoms with E-state index < -0.39 is 83.9 Å². The van der Waals surface area contributed by atoms with Gasteiger partial charge in [0.05, 0.1) is 25.4 Å². The number of nitrogens with two attached hydrogens (primary N) is 1. The predicted molar refractivity (Wildman–Crippen MR) is 154 cm³/mol. The summed E-state index contributed by atoms with van der Waals surface area (Å²) in [7, 11) is -6.82. The minimum Gasteiger partial charge on any atom is -0.396 e. The average molecular weight is 703 g/mol. The minimum atomic E-state index is -5.16. The molecule has 9 N–H and O–H groups in total. The molecule has 0 saturated carbocycles. The van der Waals surface area contributed by atoms with Crippen molar-refractivity contribution >= 4 is 50.2 Å². The third kappa shape index (κ3) is 6.36. The van der Waals surface area contributed by atoms with Crippen molar-refractivity contribution in [2.45, 2.75) is 55.5 Å². The summed E-state index contributed by atoms with van der Waals surface area (Å²) in [5.74, 6) is 0.110. The van der Waals surface area contributed by atoms with Crippen LogP contribution < -0.4 is 16.6 Å². The van der Waals surface area contributed by atoms with E-state index in [2.05, 4.69) is 35.2 Å². The van der Waals surface area contributed by atoms with Gasteiger partial charge in [0.15, 0.2) is 41.2 Å². The molecule has 0 aromatic carbocycles. The third-order valence-corrected chi connectivity index (χ3v) is 8.91. The zero-order valence-electron chi connectivity index (χ0n) is 24.1. The molecule has 4 aromatic rings. The predicted octanol–water partition coefficient (Wildman–Crippen LogP) is -1.98. The van der Waals surface area contributed by atoms with E-state index in [4.69, 9.17) is 28.8 Å². The van der Waals surface area contributed by atoms with Crippen LogP contribution >= 0.6 is 16.1 Å². The zero-order valence-corrected chi connectivity index (χ0v) is 25.9. The molecule has 0 radical (unpaired) electrons. The standard InChI is InChI=1S/C22H28N10O13P2/c1-24-16-10-17(26-5-25-16)31(6-27-10)20-13(35)14(44-46(37)38)9(43-20)4-41-47(39,40)45-15-12(34)8(2-3-33)42-21(15)32-7-28-11-18(32)29-22(23)30-19(11)36/h5-9,12-15,20-21,33-35H,2-4H2,1H3,(H5-,23,24,25,26,29,30,36,37,38,39,40)/p+1/t8-,9-,12-,13-,14-,15-,20-,21-/m1/s1. The number of rotatable bonds is 12. The van der Waals surface area contributed by atoms with E-state index in [1.165, 1.54) is 17.2 Å². The summed E-state index contributed by atoms with van der Waals surface area (Å²) in [6.07, 6.45) is -8.12. The van der Waals surface area contributed by atoms with E-state index in [0.717, 1.165) is 10.9 Å². The SMILES string of the molecule is CNc1ncnc2c1ncn2[C@@H]1O[C@H](COP(=O)(O)O[C@@H]2[C@H](O)[C@@H](CCO)O[C@H]2n2cnc3c(=O)[nH]c(N)nc32)[C@@H](O[P+](=O)O)[C@H]1O. The van der Waals surface area contributed by atoms with Crippen LogP contribution in [-0.2, 0) is 32.2 Å². The molecule has 0 aliphatic carbocycles. The number of phosphoric ester groups is 1. The summed E-state index contributed by atoms with van der Waals surface area (Å²) in [4.78, 5) is 55.2. The first-order valence-corrected chi connectivity index (χ1v) is 16.4. The Bertz CT molecular complexity index is 1890. The minimum absolute atomic E-state index is 0.0907. The van der Waals surface area contributed by atoms with E-state index in [0.29, 0.717) is 11.3 Å². The summed E-state index contributed by atoms with van der Waals surface area (Å²) < 4.78 is 54.5. The van der Waals surface area contributed by atoms with Crippen molar-refractivity contribution in [2.24, 2.45) is 0 Å². The largest absolute Gasteiger partial charge is 0.695 e. The van der Waals surface area contributed by atoms with Crippen molar-refractivity contribution in [1.82, 2.24) is 39.0 Å². The number of hydrogen-bond acceptors (Lipinski definition) is 18. The van der Waals surface area contributed by atoms with Crippen LogP contribution in [0.25, 0.3) is 22.3 Å². The molecule has 0 bridgehead atoms. The summed E-state index contributed by atoms with van der Waals surface area (Å²) in [5.41, 5.74) is 5.30. The molecule has 6 heterocycles. The first-order chi connectivity index (χ1) is 22.4. The Morgan fingerprint density at radius 3 is 2.47 bits per heavy atom. The Morgan fingerprint density at radius 2 is 1.77 bits per heavy atom. The van der Waals surface area contributed by atoms with E-state index >= 15 is 0 Å². The van der Waals surface area contributed by atoms with Gasteiger partial charge in [-0.15, -0.1) is 9.42 Å². The summed E-state index contributed by atoms with van der Waals surface area (Å²) in [5, 5.41) is 34.3. The molecule has 47 heavy (non-hydrogen) atoms. The number of fused-ring (bicyclic) bond motifs is 2. The Morgan fingerprint density at radius 1 is 1.06 bits per heavy atom. The van der Waals surface area contributed by atoms with Crippen LogP contribution in [0.2, 0.25) is 0 Å². The smallest absolute Gasteiger partial charge is 0.396 e. The number of H-pyrrole nitrogens is 1. The molecule has 23 nitrogen and oxygen atoms in total. The van der Waals surface area contributed by atoms with Gasteiger partial charge in [-0.1, -0.05) is 0 Å². The van der Waals surface area contributed by atoms with Gasteiger partial charge in [-0.25, -0.2) is 24.5 Å². The molecule has 25 heteroatoms. The number of phosphoric acid groups is 1. The van der Waals surface area contributed by atoms with Crippen molar-refractivity contribution in [3.63, 3.8) is 0 Å². The molecule has 2 aliphatic heterocycles. The summed E-state index contributed by atoms with van der Waals surface area (Å²) >= 11 is 0. The van der Waals surface area contributed by atoms with Crippen LogP contribution in [0.4, 0.5) is 11.8 Å². The first-order valence-electron chi connectivity index (χ1n) is 13.8. The van der Waals surface area contributed by atoms with Gasteiger partial charge in [-0.2, -0.15) is 4.98 Å². The number of imidazole rings is 2. The number of hydrogen-bond donors (Lipinski definition) is 8. The Balaban J connectivity index is 1.23. The lowest BCUT2D eigenvalue weighted by Crippen LogP contribution is -2.36. The van der Waals surface area contributed by atoms with Crippen LogP contribution in [0.1, 0.15) is 18.9 Å². The molecule has 0 amide bonds. The van der Waals surface area contributed by atoms with Crippen LogP contribution in [0.5, 0.6) is 0 Å². The van der Waals surface area contributed by atoms with Gasteiger partial charge in [-0.3, -0.25) is 28.0 Å². The maximum absolute atomic E-state index is 13.3. The molecule has 4 aromatic heterocycles. The highest BCUT2D eigenvalue weighted by Crippen LogP contribution is 2.50. The van der Waals surface area contributed by atoms with Gasteiger partial charge >= 0.3 is 16.1 Å². The summed E-state index contributed by atoms with van der Waals surface area (Å²) in [6.45, 7) is -1.25. The molecule has 254 valence electrons. The molecule has 2 unspecified atom stereocenters. The highest BCUT2D eigenvalue weighted by molar-refractivity contribution is 7.47. The molecule has 10 atom stereocenters. The second-order valence-corrected chi connectivity index (χ2v) is 12.4. The van der Waals surface area contributed by atoms with Crippen LogP contribution in [-0.4, -0.2) is 121 Å².